The van der Waals surface area contributed by atoms with Crippen LogP contribution in [-0.4, -0.2) is 50.1 Å². The minimum atomic E-state index is 1.12. The zero-order valence-electron chi connectivity index (χ0n) is 23.5. The molecule has 2 heteroatoms. The van der Waals surface area contributed by atoms with E-state index in [-0.39, 0.29) is 0 Å². The van der Waals surface area contributed by atoms with Gasteiger partial charge in [0.15, 0.2) is 0 Å². The van der Waals surface area contributed by atoms with Crippen molar-refractivity contribution >= 4 is 0 Å². The van der Waals surface area contributed by atoms with Gasteiger partial charge in [0.25, 0.3) is 0 Å². The summed E-state index contributed by atoms with van der Waals surface area (Å²) in [5, 5.41) is 0. The Balaban J connectivity index is 3.68. The fourth-order valence-electron chi connectivity index (χ4n) is 4.39. The summed E-state index contributed by atoms with van der Waals surface area (Å²) in [6.07, 6.45) is 35.3. The summed E-state index contributed by atoms with van der Waals surface area (Å²) in [7, 11) is 4.39. The summed E-state index contributed by atoms with van der Waals surface area (Å²) < 4.78 is 0. The molecule has 0 aromatic carbocycles. The van der Waals surface area contributed by atoms with E-state index in [9.17, 15) is 0 Å². The minimum Gasteiger partial charge on any atom is -0.309 e. The maximum absolute atomic E-state index is 2.76. The fourth-order valence-corrected chi connectivity index (χ4v) is 4.39. The lowest BCUT2D eigenvalue weighted by Crippen LogP contribution is -2.29. The van der Waals surface area contributed by atoms with E-state index in [0.29, 0.717) is 0 Å². The van der Waals surface area contributed by atoms with Crippen LogP contribution in [0.4, 0.5) is 0 Å². The van der Waals surface area contributed by atoms with E-state index in [0.717, 1.165) is 6.42 Å². The molecule has 0 heterocycles. The van der Waals surface area contributed by atoms with Gasteiger partial charge in [-0.1, -0.05) is 109 Å². The van der Waals surface area contributed by atoms with Crippen molar-refractivity contribution < 1.29 is 0 Å². The van der Waals surface area contributed by atoms with Crippen molar-refractivity contribution in [3.63, 3.8) is 0 Å². The highest BCUT2D eigenvalue weighted by Crippen LogP contribution is 2.11. The van der Waals surface area contributed by atoms with Crippen molar-refractivity contribution in [2.24, 2.45) is 0 Å². The highest BCUT2D eigenvalue weighted by Gasteiger charge is 2.05. The molecule has 0 amide bonds. The number of hydrogen-bond acceptors (Lipinski definition) is 2. The van der Waals surface area contributed by atoms with Gasteiger partial charge in [-0.25, -0.2) is 0 Å². The zero-order valence-corrected chi connectivity index (χ0v) is 23.5. The van der Waals surface area contributed by atoms with Crippen LogP contribution in [0.5, 0.6) is 0 Å². The molecule has 0 bridgehead atoms. The van der Waals surface area contributed by atoms with Gasteiger partial charge in [0.2, 0.25) is 0 Å². The molecule has 0 aliphatic carbocycles. The van der Waals surface area contributed by atoms with E-state index < -0.39 is 0 Å². The lowest BCUT2D eigenvalue weighted by atomic mass is 10.1. The van der Waals surface area contributed by atoms with E-state index in [1.807, 2.05) is 0 Å². The standard InChI is InChI=1S/C31H62N2/c1-5-7-9-11-13-14-15-16-17-18-19-20-21-22-24-26-30-33(31-27-28-32(3)4)29-25-23-12-10-8-6-2/h13-14,16-17H,5-12,15,18-31H2,1-4H3. The number of hydrogen-bond donors (Lipinski definition) is 0. The Morgan fingerprint density at radius 1 is 0.424 bits per heavy atom. The molecular formula is C31H62N2. The Kier molecular flexibility index (Phi) is 27.1. The van der Waals surface area contributed by atoms with Crippen molar-refractivity contribution in [1.29, 1.82) is 0 Å². The first kappa shape index (κ1) is 32.4. The molecule has 0 aromatic heterocycles. The molecule has 0 aliphatic heterocycles. The predicted octanol–water partition coefficient (Wildman–Crippen LogP) is 9.41. The van der Waals surface area contributed by atoms with Crippen LogP contribution in [0.3, 0.4) is 0 Å². The first-order valence-corrected chi connectivity index (χ1v) is 14.9. The average Bonchev–Trinajstić information content (AvgIpc) is 2.80. The van der Waals surface area contributed by atoms with Gasteiger partial charge in [0.1, 0.15) is 0 Å². The third-order valence-electron chi connectivity index (χ3n) is 6.58. The second-order valence-corrected chi connectivity index (χ2v) is 10.4. The van der Waals surface area contributed by atoms with Crippen LogP contribution in [0.15, 0.2) is 24.3 Å². The van der Waals surface area contributed by atoms with Crippen LogP contribution < -0.4 is 0 Å². The molecule has 0 unspecified atom stereocenters. The van der Waals surface area contributed by atoms with Crippen LogP contribution in [0.1, 0.15) is 136 Å². The largest absolute Gasteiger partial charge is 0.309 e. The third kappa shape index (κ3) is 27.5. The fraction of sp³-hybridized carbons (Fsp3) is 0.871. The van der Waals surface area contributed by atoms with Crippen molar-refractivity contribution in [2.45, 2.75) is 136 Å². The minimum absolute atomic E-state index is 1.12. The molecule has 0 aromatic rings. The predicted molar refractivity (Wildman–Crippen MR) is 152 cm³/mol. The molecule has 0 N–H and O–H groups in total. The summed E-state index contributed by atoms with van der Waals surface area (Å²) >= 11 is 0. The highest BCUT2D eigenvalue weighted by atomic mass is 15.1. The van der Waals surface area contributed by atoms with Gasteiger partial charge < -0.3 is 9.80 Å². The molecule has 196 valence electrons. The van der Waals surface area contributed by atoms with E-state index in [4.69, 9.17) is 0 Å². The van der Waals surface area contributed by atoms with Gasteiger partial charge in [0, 0.05) is 0 Å². The van der Waals surface area contributed by atoms with E-state index in [1.54, 1.807) is 0 Å². The number of nitrogens with zero attached hydrogens (tertiary/aromatic N) is 2. The van der Waals surface area contributed by atoms with Gasteiger partial charge in [-0.3, -0.25) is 0 Å². The Hall–Kier alpha value is -0.600. The van der Waals surface area contributed by atoms with E-state index in [1.165, 1.54) is 142 Å². The molecule has 0 spiro atoms. The van der Waals surface area contributed by atoms with Gasteiger partial charge >= 0.3 is 0 Å². The normalized spacial score (nSPS) is 12.3. The second kappa shape index (κ2) is 27.6. The zero-order chi connectivity index (χ0) is 24.2. The van der Waals surface area contributed by atoms with Crippen LogP contribution in [0.25, 0.3) is 0 Å². The van der Waals surface area contributed by atoms with Gasteiger partial charge in [-0.2, -0.15) is 0 Å². The Bertz CT molecular complexity index is 413. The van der Waals surface area contributed by atoms with Crippen molar-refractivity contribution in [2.75, 3.05) is 40.3 Å². The second-order valence-electron chi connectivity index (χ2n) is 10.4. The van der Waals surface area contributed by atoms with Crippen molar-refractivity contribution in [3.05, 3.63) is 24.3 Å². The molecule has 0 rings (SSSR count). The first-order chi connectivity index (χ1) is 16.2. The van der Waals surface area contributed by atoms with E-state index >= 15 is 0 Å². The number of rotatable bonds is 26. The average molecular weight is 463 g/mol. The summed E-state index contributed by atoms with van der Waals surface area (Å²) in [5.41, 5.74) is 0. The van der Waals surface area contributed by atoms with Crippen LogP contribution in [-0.2, 0) is 0 Å². The Labute approximate surface area is 210 Å². The maximum Gasteiger partial charge on any atom is -0.000655 e. The Morgan fingerprint density at radius 3 is 1.39 bits per heavy atom. The smallest absolute Gasteiger partial charge is 0.000655 e. The molecule has 33 heavy (non-hydrogen) atoms. The monoisotopic (exact) mass is 462 g/mol. The molecular weight excluding hydrogens is 400 g/mol. The maximum atomic E-state index is 2.76. The summed E-state index contributed by atoms with van der Waals surface area (Å²) in [5.74, 6) is 0. The highest BCUT2D eigenvalue weighted by molar-refractivity contribution is 4.92. The molecule has 0 radical (unpaired) electrons. The quantitative estimate of drug-likeness (QED) is 0.0932. The Morgan fingerprint density at radius 2 is 0.848 bits per heavy atom. The van der Waals surface area contributed by atoms with Crippen molar-refractivity contribution in [1.82, 2.24) is 9.80 Å². The topological polar surface area (TPSA) is 6.48 Å². The van der Waals surface area contributed by atoms with E-state index in [2.05, 4.69) is 62.0 Å². The lowest BCUT2D eigenvalue weighted by molar-refractivity contribution is 0.244. The van der Waals surface area contributed by atoms with Crippen LogP contribution >= 0.6 is 0 Å². The molecule has 0 saturated heterocycles. The molecule has 0 aliphatic rings. The van der Waals surface area contributed by atoms with Gasteiger partial charge in [-0.15, -0.1) is 0 Å². The lowest BCUT2D eigenvalue weighted by Gasteiger charge is -2.23. The molecule has 2 nitrogen and oxygen atoms in total. The van der Waals surface area contributed by atoms with Crippen molar-refractivity contribution in [3.8, 4) is 0 Å². The van der Waals surface area contributed by atoms with Gasteiger partial charge in [0.05, 0.1) is 0 Å². The van der Waals surface area contributed by atoms with Crippen LogP contribution in [0.2, 0.25) is 0 Å². The molecule has 0 fully saturated rings. The number of allylic oxidation sites excluding steroid dienone is 4. The molecule has 0 saturated carbocycles. The summed E-state index contributed by atoms with van der Waals surface area (Å²) in [6, 6.07) is 0. The first-order valence-electron chi connectivity index (χ1n) is 14.9. The third-order valence-corrected chi connectivity index (χ3v) is 6.58. The summed E-state index contributed by atoms with van der Waals surface area (Å²) in [6.45, 7) is 9.72. The number of unbranched alkanes of at least 4 members (excludes halogenated alkanes) is 14. The SMILES string of the molecule is CCCCCC=CCC=CCCCCCCCCN(CCCCCCCC)CCCN(C)C. The van der Waals surface area contributed by atoms with Crippen LogP contribution in [0, 0.1) is 0 Å². The van der Waals surface area contributed by atoms with Gasteiger partial charge in [-0.05, 0) is 91.6 Å². The molecule has 0 atom stereocenters. The summed E-state index contributed by atoms with van der Waals surface area (Å²) in [4.78, 5) is 5.08.